The number of nitrogens with two attached hydrogens (primary N) is 1. The van der Waals surface area contributed by atoms with E-state index in [1.54, 1.807) is 6.20 Å². The Labute approximate surface area is 103 Å². The fourth-order valence-electron chi connectivity index (χ4n) is 2.28. The van der Waals surface area contributed by atoms with E-state index in [0.717, 1.165) is 43.6 Å². The van der Waals surface area contributed by atoms with Gasteiger partial charge in [-0.15, -0.1) is 0 Å². The summed E-state index contributed by atoms with van der Waals surface area (Å²) in [6.07, 6.45) is 1.78. The molecule has 4 heteroatoms. The smallest absolute Gasteiger partial charge is 0.130 e. The Balaban J connectivity index is 1.91. The molecule has 0 aliphatic carbocycles. The molecule has 1 fully saturated rings. The first-order valence-corrected chi connectivity index (χ1v) is 6.34. The molecule has 94 valence electrons. The van der Waals surface area contributed by atoms with E-state index in [2.05, 4.69) is 28.6 Å². The highest BCUT2D eigenvalue weighted by Crippen LogP contribution is 2.16. The maximum atomic E-state index is 5.78. The molecule has 2 rings (SSSR count). The Morgan fingerprint density at radius 3 is 2.59 bits per heavy atom. The molecule has 1 aliphatic heterocycles. The molecule has 0 saturated carbocycles. The molecule has 4 nitrogen and oxygen atoms in total. The van der Waals surface area contributed by atoms with E-state index in [9.17, 15) is 0 Å². The topological polar surface area (TPSA) is 45.4 Å². The Kier molecular flexibility index (Phi) is 3.84. The largest absolute Gasteiger partial charge is 0.399 e. The third kappa shape index (κ3) is 3.33. The van der Waals surface area contributed by atoms with Crippen molar-refractivity contribution >= 4 is 11.5 Å². The number of anilines is 2. The summed E-state index contributed by atoms with van der Waals surface area (Å²) in [4.78, 5) is 9.21. The van der Waals surface area contributed by atoms with Crippen LogP contribution in [0, 0.1) is 5.92 Å². The zero-order valence-electron chi connectivity index (χ0n) is 10.8. The molecule has 0 atom stereocenters. The summed E-state index contributed by atoms with van der Waals surface area (Å²) < 4.78 is 0. The highest BCUT2D eigenvalue weighted by Gasteiger charge is 2.18. The zero-order valence-corrected chi connectivity index (χ0v) is 10.8. The first-order valence-electron chi connectivity index (χ1n) is 6.34. The van der Waals surface area contributed by atoms with Crippen molar-refractivity contribution in [2.24, 2.45) is 5.92 Å². The van der Waals surface area contributed by atoms with Gasteiger partial charge in [-0.3, -0.25) is 4.90 Å². The SMILES string of the molecule is CC(C)CN1CCN(c2cc(N)ccn2)CC1. The van der Waals surface area contributed by atoms with Crippen LogP contribution in [0.1, 0.15) is 13.8 Å². The van der Waals surface area contributed by atoms with Gasteiger partial charge in [-0.25, -0.2) is 4.98 Å². The molecule has 0 radical (unpaired) electrons. The second kappa shape index (κ2) is 5.36. The van der Waals surface area contributed by atoms with E-state index in [-0.39, 0.29) is 0 Å². The molecule has 0 bridgehead atoms. The number of piperazine rings is 1. The molecule has 2 heterocycles. The fourth-order valence-corrected chi connectivity index (χ4v) is 2.28. The van der Waals surface area contributed by atoms with Gasteiger partial charge in [-0.2, -0.15) is 0 Å². The van der Waals surface area contributed by atoms with Crippen molar-refractivity contribution < 1.29 is 0 Å². The highest BCUT2D eigenvalue weighted by molar-refractivity contribution is 5.50. The standard InChI is InChI=1S/C13H22N4/c1-11(2)10-16-5-7-17(8-6-16)13-9-12(14)3-4-15-13/h3-4,9,11H,5-8,10H2,1-2H3,(H2,14,15). The van der Waals surface area contributed by atoms with Gasteiger partial charge in [-0.05, 0) is 12.0 Å². The monoisotopic (exact) mass is 234 g/mol. The Hall–Kier alpha value is -1.29. The molecule has 0 spiro atoms. The Morgan fingerprint density at radius 1 is 1.29 bits per heavy atom. The number of aromatic nitrogens is 1. The summed E-state index contributed by atoms with van der Waals surface area (Å²) in [5.41, 5.74) is 6.57. The molecular weight excluding hydrogens is 212 g/mol. The summed E-state index contributed by atoms with van der Waals surface area (Å²) in [5.74, 6) is 1.75. The van der Waals surface area contributed by atoms with Crippen LogP contribution in [0.3, 0.4) is 0 Å². The second-order valence-corrected chi connectivity index (χ2v) is 5.13. The number of hydrogen-bond donors (Lipinski definition) is 1. The summed E-state index contributed by atoms with van der Waals surface area (Å²) in [7, 11) is 0. The molecule has 0 amide bonds. The van der Waals surface area contributed by atoms with Crippen LogP contribution in [-0.2, 0) is 0 Å². The highest BCUT2D eigenvalue weighted by atomic mass is 15.3. The van der Waals surface area contributed by atoms with Crippen molar-refractivity contribution in [2.45, 2.75) is 13.8 Å². The second-order valence-electron chi connectivity index (χ2n) is 5.13. The predicted molar refractivity (Wildman–Crippen MR) is 72.1 cm³/mol. The van der Waals surface area contributed by atoms with Crippen molar-refractivity contribution in [3.8, 4) is 0 Å². The zero-order chi connectivity index (χ0) is 12.3. The Bertz CT molecular complexity index is 356. The first-order chi connectivity index (χ1) is 8.15. The summed E-state index contributed by atoms with van der Waals surface area (Å²) in [6.45, 7) is 10.1. The summed E-state index contributed by atoms with van der Waals surface area (Å²) in [5, 5.41) is 0. The van der Waals surface area contributed by atoms with Gasteiger partial charge in [0, 0.05) is 50.7 Å². The minimum Gasteiger partial charge on any atom is -0.399 e. The van der Waals surface area contributed by atoms with Gasteiger partial charge in [0.1, 0.15) is 5.82 Å². The quantitative estimate of drug-likeness (QED) is 0.859. The third-order valence-electron chi connectivity index (χ3n) is 3.09. The summed E-state index contributed by atoms with van der Waals surface area (Å²) >= 11 is 0. The van der Waals surface area contributed by atoms with Gasteiger partial charge in [0.15, 0.2) is 0 Å². The fraction of sp³-hybridized carbons (Fsp3) is 0.615. The normalized spacial score (nSPS) is 17.7. The van der Waals surface area contributed by atoms with Gasteiger partial charge >= 0.3 is 0 Å². The van der Waals surface area contributed by atoms with E-state index in [0.29, 0.717) is 0 Å². The number of nitrogen functional groups attached to an aromatic ring is 1. The molecule has 1 saturated heterocycles. The van der Waals surface area contributed by atoms with E-state index < -0.39 is 0 Å². The van der Waals surface area contributed by atoms with Gasteiger partial charge in [0.25, 0.3) is 0 Å². The first kappa shape index (κ1) is 12.2. The van der Waals surface area contributed by atoms with Crippen molar-refractivity contribution in [3.05, 3.63) is 18.3 Å². The van der Waals surface area contributed by atoms with E-state index in [1.165, 1.54) is 6.54 Å². The molecule has 1 aliphatic rings. The van der Waals surface area contributed by atoms with Crippen LogP contribution in [0.25, 0.3) is 0 Å². The van der Waals surface area contributed by atoms with Crippen LogP contribution >= 0.6 is 0 Å². The van der Waals surface area contributed by atoms with Crippen LogP contribution in [0.4, 0.5) is 11.5 Å². The minimum atomic E-state index is 0.743. The van der Waals surface area contributed by atoms with Crippen LogP contribution in [0.15, 0.2) is 18.3 Å². The minimum absolute atomic E-state index is 0.743. The van der Waals surface area contributed by atoms with Crippen LogP contribution in [0.2, 0.25) is 0 Å². The average molecular weight is 234 g/mol. The van der Waals surface area contributed by atoms with Crippen molar-refractivity contribution in [1.82, 2.24) is 9.88 Å². The van der Waals surface area contributed by atoms with Crippen LogP contribution < -0.4 is 10.6 Å². The van der Waals surface area contributed by atoms with Crippen molar-refractivity contribution in [2.75, 3.05) is 43.4 Å². The number of pyridine rings is 1. The van der Waals surface area contributed by atoms with E-state index in [4.69, 9.17) is 5.73 Å². The lowest BCUT2D eigenvalue weighted by atomic mass is 10.2. The van der Waals surface area contributed by atoms with Gasteiger partial charge < -0.3 is 10.6 Å². The van der Waals surface area contributed by atoms with Crippen LogP contribution in [0.5, 0.6) is 0 Å². The van der Waals surface area contributed by atoms with Gasteiger partial charge in [0.05, 0.1) is 0 Å². The number of hydrogen-bond acceptors (Lipinski definition) is 4. The van der Waals surface area contributed by atoms with Gasteiger partial charge in [-0.1, -0.05) is 13.8 Å². The average Bonchev–Trinajstić information content (AvgIpc) is 2.29. The van der Waals surface area contributed by atoms with Gasteiger partial charge in [0.2, 0.25) is 0 Å². The molecule has 0 aromatic carbocycles. The Morgan fingerprint density at radius 2 is 2.00 bits per heavy atom. The molecule has 0 unspecified atom stereocenters. The lowest BCUT2D eigenvalue weighted by molar-refractivity contribution is 0.231. The number of nitrogens with zero attached hydrogens (tertiary/aromatic N) is 3. The molecule has 1 aromatic heterocycles. The molecular formula is C13H22N4. The van der Waals surface area contributed by atoms with E-state index >= 15 is 0 Å². The third-order valence-corrected chi connectivity index (χ3v) is 3.09. The van der Waals surface area contributed by atoms with Crippen LogP contribution in [-0.4, -0.2) is 42.6 Å². The molecule has 2 N–H and O–H groups in total. The van der Waals surface area contributed by atoms with Crippen molar-refractivity contribution in [3.63, 3.8) is 0 Å². The molecule has 1 aromatic rings. The maximum Gasteiger partial charge on any atom is 0.130 e. The predicted octanol–water partition coefficient (Wildman–Crippen LogP) is 1.44. The summed E-state index contributed by atoms with van der Waals surface area (Å²) in [6, 6.07) is 3.79. The maximum absolute atomic E-state index is 5.78. The number of rotatable bonds is 3. The van der Waals surface area contributed by atoms with Crippen molar-refractivity contribution in [1.29, 1.82) is 0 Å². The lowest BCUT2D eigenvalue weighted by Crippen LogP contribution is -2.47. The lowest BCUT2D eigenvalue weighted by Gasteiger charge is -2.36. The van der Waals surface area contributed by atoms with E-state index in [1.807, 2.05) is 12.1 Å². The molecule has 17 heavy (non-hydrogen) atoms.